The molecule has 2 heteroatoms. The van der Waals surface area contributed by atoms with E-state index in [1.807, 2.05) is 0 Å². The second kappa shape index (κ2) is 4.24. The normalized spacial score (nSPS) is 36.8. The van der Waals surface area contributed by atoms with Gasteiger partial charge in [0, 0.05) is 12.1 Å². The maximum Gasteiger partial charge on any atom is 0.0306 e. The topological polar surface area (TPSA) is 38.0 Å². The molecule has 0 aromatic heterocycles. The summed E-state index contributed by atoms with van der Waals surface area (Å²) in [5.41, 5.74) is 6.09. The van der Waals surface area contributed by atoms with Crippen molar-refractivity contribution < 1.29 is 0 Å². The van der Waals surface area contributed by atoms with Crippen LogP contribution < -0.4 is 11.1 Å². The number of rotatable bonds is 3. The van der Waals surface area contributed by atoms with Gasteiger partial charge in [-0.15, -0.1) is 0 Å². The Morgan fingerprint density at radius 1 is 1.58 bits per heavy atom. The lowest BCUT2D eigenvalue weighted by atomic mass is 9.76. The summed E-state index contributed by atoms with van der Waals surface area (Å²) >= 11 is 0. The van der Waals surface area contributed by atoms with Crippen molar-refractivity contribution in [3.8, 4) is 0 Å². The molecule has 0 aromatic rings. The molecule has 1 aliphatic rings. The van der Waals surface area contributed by atoms with Crippen molar-refractivity contribution in [2.24, 2.45) is 11.7 Å². The van der Waals surface area contributed by atoms with Gasteiger partial charge >= 0.3 is 0 Å². The van der Waals surface area contributed by atoms with Crippen LogP contribution in [0.4, 0.5) is 0 Å². The first-order valence-electron chi connectivity index (χ1n) is 5.17. The number of likely N-dealkylation sites (N-methyl/N-ethyl adjacent to an activating group) is 1. The molecule has 12 heavy (non-hydrogen) atoms. The van der Waals surface area contributed by atoms with Crippen molar-refractivity contribution >= 4 is 0 Å². The van der Waals surface area contributed by atoms with Crippen molar-refractivity contribution in [3.63, 3.8) is 0 Å². The van der Waals surface area contributed by atoms with Crippen LogP contribution in [0, 0.1) is 5.92 Å². The molecule has 0 aliphatic heterocycles. The molecular formula is C10H22N2. The van der Waals surface area contributed by atoms with Crippen molar-refractivity contribution in [1.29, 1.82) is 0 Å². The number of nitrogens with one attached hydrogen (secondary N) is 1. The van der Waals surface area contributed by atoms with Gasteiger partial charge in [-0.3, -0.25) is 0 Å². The summed E-state index contributed by atoms with van der Waals surface area (Å²) in [4.78, 5) is 0. The highest BCUT2D eigenvalue weighted by Gasteiger charge is 2.32. The predicted octanol–water partition coefficient (Wildman–Crippen LogP) is 1.50. The molecule has 0 bridgehead atoms. The van der Waals surface area contributed by atoms with Gasteiger partial charge in [-0.05, 0) is 25.3 Å². The summed E-state index contributed by atoms with van der Waals surface area (Å²) in [5, 5.41) is 3.55. The third-order valence-corrected chi connectivity index (χ3v) is 3.03. The number of hydrogen-bond donors (Lipinski definition) is 2. The zero-order valence-corrected chi connectivity index (χ0v) is 8.40. The van der Waals surface area contributed by atoms with E-state index in [0.29, 0.717) is 0 Å². The summed E-state index contributed by atoms with van der Waals surface area (Å²) in [6.45, 7) is 6.34. The Labute approximate surface area is 75.9 Å². The van der Waals surface area contributed by atoms with Crippen LogP contribution in [-0.4, -0.2) is 18.6 Å². The van der Waals surface area contributed by atoms with E-state index in [0.717, 1.165) is 19.0 Å². The van der Waals surface area contributed by atoms with Gasteiger partial charge in [0.15, 0.2) is 0 Å². The molecule has 2 atom stereocenters. The molecule has 0 saturated heterocycles. The first-order chi connectivity index (χ1) is 5.72. The van der Waals surface area contributed by atoms with E-state index in [-0.39, 0.29) is 5.54 Å². The van der Waals surface area contributed by atoms with Crippen molar-refractivity contribution in [2.45, 2.75) is 45.1 Å². The average Bonchev–Trinajstić information content (AvgIpc) is 2.05. The van der Waals surface area contributed by atoms with E-state index in [2.05, 4.69) is 19.2 Å². The third-order valence-electron chi connectivity index (χ3n) is 3.03. The van der Waals surface area contributed by atoms with Crippen LogP contribution in [-0.2, 0) is 0 Å². The van der Waals surface area contributed by atoms with Crippen LogP contribution in [0.15, 0.2) is 0 Å². The van der Waals surface area contributed by atoms with Gasteiger partial charge in [-0.25, -0.2) is 0 Å². The Bertz CT molecular complexity index is 132. The van der Waals surface area contributed by atoms with E-state index in [1.54, 1.807) is 0 Å². The Morgan fingerprint density at radius 3 is 2.83 bits per heavy atom. The molecule has 72 valence electrons. The first-order valence-corrected chi connectivity index (χ1v) is 5.17. The number of nitrogens with two attached hydrogens (primary N) is 1. The Hall–Kier alpha value is -0.0800. The fourth-order valence-electron chi connectivity index (χ4n) is 2.45. The molecule has 2 nitrogen and oxygen atoms in total. The number of hydrogen-bond acceptors (Lipinski definition) is 2. The zero-order chi connectivity index (χ0) is 9.03. The minimum Gasteiger partial charge on any atom is -0.329 e. The highest BCUT2D eigenvalue weighted by atomic mass is 15.0. The second-order valence-electron chi connectivity index (χ2n) is 4.22. The molecule has 0 spiro atoms. The Morgan fingerprint density at radius 2 is 2.33 bits per heavy atom. The fourth-order valence-corrected chi connectivity index (χ4v) is 2.45. The molecule has 1 saturated carbocycles. The fraction of sp³-hybridized carbons (Fsp3) is 1.00. The predicted molar refractivity (Wildman–Crippen MR) is 53.1 cm³/mol. The summed E-state index contributed by atoms with van der Waals surface area (Å²) in [6, 6.07) is 0. The maximum absolute atomic E-state index is 5.82. The first kappa shape index (κ1) is 10.0. The molecule has 0 aromatic carbocycles. The molecule has 0 amide bonds. The van der Waals surface area contributed by atoms with Crippen molar-refractivity contribution in [3.05, 3.63) is 0 Å². The standard InChI is InChI=1S/C10H22N2/c1-3-12-10(8-11)6-4-5-9(2)7-10/h9,12H,3-8,11H2,1-2H3. The largest absolute Gasteiger partial charge is 0.329 e. The van der Waals surface area contributed by atoms with Crippen LogP contribution in [0.2, 0.25) is 0 Å². The highest BCUT2D eigenvalue weighted by molar-refractivity contribution is 4.93. The third kappa shape index (κ3) is 2.20. The van der Waals surface area contributed by atoms with E-state index in [9.17, 15) is 0 Å². The van der Waals surface area contributed by atoms with E-state index in [4.69, 9.17) is 5.73 Å². The molecule has 0 radical (unpaired) electrons. The average molecular weight is 170 g/mol. The van der Waals surface area contributed by atoms with Crippen LogP contribution in [0.1, 0.15) is 39.5 Å². The molecule has 1 rings (SSSR count). The quantitative estimate of drug-likeness (QED) is 0.673. The van der Waals surface area contributed by atoms with Gasteiger partial charge in [0.05, 0.1) is 0 Å². The van der Waals surface area contributed by atoms with Crippen molar-refractivity contribution in [1.82, 2.24) is 5.32 Å². The van der Waals surface area contributed by atoms with Crippen LogP contribution in [0.5, 0.6) is 0 Å². The monoisotopic (exact) mass is 170 g/mol. The van der Waals surface area contributed by atoms with Crippen LogP contribution in [0.25, 0.3) is 0 Å². The smallest absolute Gasteiger partial charge is 0.0306 e. The summed E-state index contributed by atoms with van der Waals surface area (Å²) in [7, 11) is 0. The summed E-state index contributed by atoms with van der Waals surface area (Å²) in [6.07, 6.45) is 5.25. The van der Waals surface area contributed by atoms with Gasteiger partial charge in [0.2, 0.25) is 0 Å². The maximum atomic E-state index is 5.82. The van der Waals surface area contributed by atoms with Gasteiger partial charge in [-0.1, -0.05) is 26.7 Å². The van der Waals surface area contributed by atoms with Crippen LogP contribution >= 0.6 is 0 Å². The summed E-state index contributed by atoms with van der Waals surface area (Å²) < 4.78 is 0. The lowest BCUT2D eigenvalue weighted by Crippen LogP contribution is -2.53. The SMILES string of the molecule is CCNC1(CN)CCCC(C)C1. The van der Waals surface area contributed by atoms with E-state index in [1.165, 1.54) is 25.7 Å². The molecule has 1 fully saturated rings. The lowest BCUT2D eigenvalue weighted by molar-refractivity contribution is 0.197. The second-order valence-corrected chi connectivity index (χ2v) is 4.22. The molecule has 2 unspecified atom stereocenters. The Balaban J connectivity index is 2.51. The minimum atomic E-state index is 0.270. The summed E-state index contributed by atoms with van der Waals surface area (Å²) in [5.74, 6) is 0.848. The van der Waals surface area contributed by atoms with Gasteiger partial charge in [0.1, 0.15) is 0 Å². The molecular weight excluding hydrogens is 148 g/mol. The van der Waals surface area contributed by atoms with Crippen LogP contribution in [0.3, 0.4) is 0 Å². The van der Waals surface area contributed by atoms with Gasteiger partial charge < -0.3 is 11.1 Å². The molecule has 3 N–H and O–H groups in total. The van der Waals surface area contributed by atoms with Gasteiger partial charge in [0.25, 0.3) is 0 Å². The van der Waals surface area contributed by atoms with E-state index >= 15 is 0 Å². The van der Waals surface area contributed by atoms with Gasteiger partial charge in [-0.2, -0.15) is 0 Å². The van der Waals surface area contributed by atoms with Crippen molar-refractivity contribution in [2.75, 3.05) is 13.1 Å². The lowest BCUT2D eigenvalue weighted by Gasteiger charge is -2.40. The minimum absolute atomic E-state index is 0.270. The zero-order valence-electron chi connectivity index (χ0n) is 8.40. The highest BCUT2D eigenvalue weighted by Crippen LogP contribution is 2.31. The molecule has 0 heterocycles. The Kier molecular flexibility index (Phi) is 3.53. The molecule has 1 aliphatic carbocycles. The van der Waals surface area contributed by atoms with E-state index < -0.39 is 0 Å².